The van der Waals surface area contributed by atoms with Crippen LogP contribution < -0.4 is 11.1 Å². The molecule has 1 aliphatic rings. The van der Waals surface area contributed by atoms with Gasteiger partial charge in [-0.3, -0.25) is 4.79 Å². The smallest absolute Gasteiger partial charge is 0.257 e. The lowest BCUT2D eigenvalue weighted by Crippen LogP contribution is -2.56. The zero-order chi connectivity index (χ0) is 13.1. The van der Waals surface area contributed by atoms with Crippen LogP contribution in [0.3, 0.4) is 0 Å². The lowest BCUT2D eigenvalue weighted by molar-refractivity contribution is 0.0640. The monoisotopic (exact) mass is 251 g/mol. The van der Waals surface area contributed by atoms with E-state index in [4.69, 9.17) is 5.73 Å². The van der Waals surface area contributed by atoms with Gasteiger partial charge in [-0.25, -0.2) is 4.39 Å². The van der Waals surface area contributed by atoms with Gasteiger partial charge in [-0.15, -0.1) is 0 Å². The van der Waals surface area contributed by atoms with Crippen LogP contribution in [0.1, 0.15) is 15.9 Å². The van der Waals surface area contributed by atoms with Crippen molar-refractivity contribution in [2.24, 2.45) is 5.73 Å². The van der Waals surface area contributed by atoms with Gasteiger partial charge in [0.2, 0.25) is 0 Å². The molecule has 0 radical (unpaired) electrons. The average molecular weight is 251 g/mol. The molecule has 1 saturated heterocycles. The molecule has 98 valence electrons. The van der Waals surface area contributed by atoms with Gasteiger partial charge >= 0.3 is 0 Å². The van der Waals surface area contributed by atoms with Gasteiger partial charge in [0, 0.05) is 26.2 Å². The first-order chi connectivity index (χ1) is 8.65. The van der Waals surface area contributed by atoms with E-state index in [1.165, 1.54) is 6.07 Å². The molecule has 4 nitrogen and oxygen atoms in total. The number of nitrogens with zero attached hydrogens (tertiary/aromatic N) is 1. The van der Waals surface area contributed by atoms with Gasteiger partial charge in [0.15, 0.2) is 0 Å². The predicted molar refractivity (Wildman–Crippen MR) is 67.9 cm³/mol. The zero-order valence-electron chi connectivity index (χ0n) is 10.4. The third-order valence-electron chi connectivity index (χ3n) is 3.31. The summed E-state index contributed by atoms with van der Waals surface area (Å²) in [5.41, 5.74) is 6.27. The van der Waals surface area contributed by atoms with Crippen LogP contribution in [0.4, 0.5) is 4.39 Å². The quantitative estimate of drug-likeness (QED) is 0.805. The van der Waals surface area contributed by atoms with Crippen molar-refractivity contribution in [3.8, 4) is 0 Å². The third kappa shape index (κ3) is 2.37. The molecule has 3 N–H and O–H groups in total. The molecule has 1 amide bonds. The molecule has 1 aromatic rings. The van der Waals surface area contributed by atoms with Crippen molar-refractivity contribution in [3.63, 3.8) is 0 Å². The lowest BCUT2D eigenvalue weighted by Gasteiger charge is -2.35. The van der Waals surface area contributed by atoms with Crippen molar-refractivity contribution in [1.82, 2.24) is 10.2 Å². The molecule has 0 bridgehead atoms. The van der Waals surface area contributed by atoms with Gasteiger partial charge in [-0.1, -0.05) is 12.1 Å². The molecule has 2 rings (SSSR count). The zero-order valence-corrected chi connectivity index (χ0v) is 10.4. The predicted octanol–water partition coefficient (Wildman–Crippen LogP) is 0.507. The van der Waals surface area contributed by atoms with Crippen LogP contribution in [0, 0.1) is 12.7 Å². The van der Waals surface area contributed by atoms with E-state index in [0.717, 1.165) is 6.54 Å². The molecule has 5 heteroatoms. The molecule has 1 fully saturated rings. The second-order valence-electron chi connectivity index (χ2n) is 4.53. The normalized spacial score (nSPS) is 19.9. The lowest BCUT2D eigenvalue weighted by atomic mass is 10.1. The third-order valence-corrected chi connectivity index (χ3v) is 3.31. The fourth-order valence-electron chi connectivity index (χ4n) is 2.21. The van der Waals surface area contributed by atoms with Gasteiger partial charge in [0.25, 0.3) is 5.91 Å². The molecule has 1 atom stereocenters. The average Bonchev–Trinajstić information content (AvgIpc) is 2.41. The molecule has 1 aromatic carbocycles. The molecule has 1 aliphatic heterocycles. The Labute approximate surface area is 106 Å². The Kier molecular flexibility index (Phi) is 3.93. The van der Waals surface area contributed by atoms with Gasteiger partial charge in [0.05, 0.1) is 11.6 Å². The van der Waals surface area contributed by atoms with E-state index in [9.17, 15) is 9.18 Å². The second-order valence-corrected chi connectivity index (χ2v) is 4.53. The van der Waals surface area contributed by atoms with Crippen LogP contribution in [0.2, 0.25) is 0 Å². The summed E-state index contributed by atoms with van der Waals surface area (Å²) in [5.74, 6) is -0.704. The maximum Gasteiger partial charge on any atom is 0.257 e. The number of hydrogen-bond acceptors (Lipinski definition) is 3. The van der Waals surface area contributed by atoms with E-state index >= 15 is 0 Å². The van der Waals surface area contributed by atoms with Crippen molar-refractivity contribution < 1.29 is 9.18 Å². The van der Waals surface area contributed by atoms with Crippen molar-refractivity contribution in [2.75, 3.05) is 26.2 Å². The van der Waals surface area contributed by atoms with E-state index in [2.05, 4.69) is 5.32 Å². The van der Waals surface area contributed by atoms with Crippen molar-refractivity contribution in [1.29, 1.82) is 0 Å². The maximum absolute atomic E-state index is 13.9. The van der Waals surface area contributed by atoms with E-state index in [1.807, 2.05) is 0 Å². The number of amides is 1. The highest BCUT2D eigenvalue weighted by Gasteiger charge is 2.28. The van der Waals surface area contributed by atoms with Crippen LogP contribution in [0.25, 0.3) is 0 Å². The summed E-state index contributed by atoms with van der Waals surface area (Å²) in [6.45, 7) is 3.98. The Balaban J connectivity index is 2.27. The fourth-order valence-corrected chi connectivity index (χ4v) is 2.21. The summed E-state index contributed by atoms with van der Waals surface area (Å²) in [4.78, 5) is 14.0. The number of carbonyl (C=O) groups excluding carboxylic acids is 1. The van der Waals surface area contributed by atoms with Crippen LogP contribution in [0.5, 0.6) is 0 Å². The Hall–Kier alpha value is -1.46. The minimum Gasteiger partial charge on any atom is -0.332 e. The summed E-state index contributed by atoms with van der Waals surface area (Å²) in [5, 5.41) is 3.18. The first kappa shape index (κ1) is 13.0. The summed E-state index contributed by atoms with van der Waals surface area (Å²) in [6.07, 6.45) is 0. The van der Waals surface area contributed by atoms with E-state index in [0.29, 0.717) is 25.2 Å². The summed E-state index contributed by atoms with van der Waals surface area (Å²) in [6, 6.07) is 4.82. The SMILES string of the molecule is Cc1cccc(C(=O)N2CCNCC2CN)c1F. The highest BCUT2D eigenvalue weighted by molar-refractivity contribution is 5.95. The standard InChI is InChI=1S/C13H18FN3O/c1-9-3-2-4-11(12(9)14)13(18)17-6-5-16-8-10(17)7-15/h2-4,10,16H,5-8,15H2,1H3. The summed E-state index contributed by atoms with van der Waals surface area (Å²) < 4.78 is 13.9. The largest absolute Gasteiger partial charge is 0.332 e. The Morgan fingerprint density at radius 1 is 1.61 bits per heavy atom. The fraction of sp³-hybridized carbons (Fsp3) is 0.462. The summed E-state index contributed by atoms with van der Waals surface area (Å²) in [7, 11) is 0. The number of piperazine rings is 1. The number of nitrogens with one attached hydrogen (secondary N) is 1. The van der Waals surface area contributed by atoms with Gasteiger partial charge in [0.1, 0.15) is 5.82 Å². The Morgan fingerprint density at radius 3 is 3.11 bits per heavy atom. The van der Waals surface area contributed by atoms with Gasteiger partial charge in [-0.2, -0.15) is 0 Å². The Bertz CT molecular complexity index is 450. The van der Waals surface area contributed by atoms with Gasteiger partial charge < -0.3 is 16.0 Å². The molecule has 0 saturated carbocycles. The molecular weight excluding hydrogens is 233 g/mol. The highest BCUT2D eigenvalue weighted by Crippen LogP contribution is 2.16. The van der Waals surface area contributed by atoms with Crippen LogP contribution in [-0.2, 0) is 0 Å². The second kappa shape index (κ2) is 5.46. The molecule has 18 heavy (non-hydrogen) atoms. The first-order valence-corrected chi connectivity index (χ1v) is 6.12. The van der Waals surface area contributed by atoms with Crippen molar-refractivity contribution in [2.45, 2.75) is 13.0 Å². The first-order valence-electron chi connectivity index (χ1n) is 6.12. The molecule has 0 spiro atoms. The van der Waals surface area contributed by atoms with Gasteiger partial charge in [-0.05, 0) is 18.6 Å². The van der Waals surface area contributed by atoms with Crippen molar-refractivity contribution in [3.05, 3.63) is 35.1 Å². The minimum absolute atomic E-state index is 0.0637. The number of halogens is 1. The van der Waals surface area contributed by atoms with E-state index < -0.39 is 5.82 Å². The topological polar surface area (TPSA) is 58.4 Å². The Morgan fingerprint density at radius 2 is 2.39 bits per heavy atom. The molecule has 0 aromatic heterocycles. The van der Waals surface area contributed by atoms with E-state index in [-0.39, 0.29) is 17.5 Å². The number of aryl methyl sites for hydroxylation is 1. The van der Waals surface area contributed by atoms with Crippen molar-refractivity contribution >= 4 is 5.91 Å². The number of rotatable bonds is 2. The minimum atomic E-state index is -0.434. The summed E-state index contributed by atoms with van der Waals surface area (Å²) >= 11 is 0. The number of benzene rings is 1. The van der Waals surface area contributed by atoms with Crippen LogP contribution in [-0.4, -0.2) is 43.0 Å². The number of carbonyl (C=O) groups is 1. The van der Waals surface area contributed by atoms with Crippen LogP contribution >= 0.6 is 0 Å². The highest BCUT2D eigenvalue weighted by atomic mass is 19.1. The maximum atomic E-state index is 13.9. The molecule has 0 aliphatic carbocycles. The molecule has 1 unspecified atom stereocenters. The number of hydrogen-bond donors (Lipinski definition) is 2. The van der Waals surface area contributed by atoms with E-state index in [1.54, 1.807) is 24.0 Å². The number of nitrogens with two attached hydrogens (primary N) is 1. The van der Waals surface area contributed by atoms with Crippen LogP contribution in [0.15, 0.2) is 18.2 Å². The molecular formula is C13H18FN3O. The molecule has 1 heterocycles.